The predicted molar refractivity (Wildman–Crippen MR) is 123 cm³/mol. The molecule has 3 N–H and O–H groups in total. The molecule has 1 atom stereocenters. The molecule has 2 rings (SSSR count). The summed E-state index contributed by atoms with van der Waals surface area (Å²) in [4.78, 5) is 4.28. The lowest BCUT2D eigenvalue weighted by atomic mass is 10.0. The van der Waals surface area contributed by atoms with Gasteiger partial charge in [-0.15, -0.1) is 24.0 Å². The van der Waals surface area contributed by atoms with Gasteiger partial charge in [-0.2, -0.15) is 5.10 Å². The van der Waals surface area contributed by atoms with Crippen molar-refractivity contribution < 1.29 is 9.84 Å². The van der Waals surface area contributed by atoms with Crippen LogP contribution in [0.1, 0.15) is 28.4 Å². The summed E-state index contributed by atoms with van der Waals surface area (Å²) in [7, 11) is 3.44. The van der Waals surface area contributed by atoms with Gasteiger partial charge in [0.05, 0.1) is 25.5 Å². The largest absolute Gasteiger partial charge is 0.396 e. The number of aryl methyl sites for hydroxylation is 1. The van der Waals surface area contributed by atoms with Gasteiger partial charge < -0.3 is 20.5 Å². The Kier molecular flexibility index (Phi) is 11.1. The maximum atomic E-state index is 9.70. The van der Waals surface area contributed by atoms with Crippen molar-refractivity contribution in [3.8, 4) is 0 Å². The fraction of sp³-hybridized carbons (Fsp3) is 0.500. The highest BCUT2D eigenvalue weighted by Gasteiger charge is 2.13. The lowest BCUT2D eigenvalue weighted by Gasteiger charge is -2.18. The van der Waals surface area contributed by atoms with E-state index in [0.29, 0.717) is 25.7 Å². The first kappa shape index (κ1) is 24.4. The Morgan fingerprint density at radius 1 is 1.25 bits per heavy atom. The Morgan fingerprint density at radius 2 is 1.96 bits per heavy atom. The van der Waals surface area contributed by atoms with Crippen LogP contribution >= 0.6 is 24.0 Å². The number of ether oxygens (including phenoxy) is 1. The van der Waals surface area contributed by atoms with Gasteiger partial charge in [0.15, 0.2) is 5.96 Å². The molecule has 0 amide bonds. The summed E-state index contributed by atoms with van der Waals surface area (Å²) in [5.74, 6) is 0.720. The predicted octanol–water partition coefficient (Wildman–Crippen LogP) is 2.21. The topological polar surface area (TPSA) is 83.7 Å². The molecule has 0 aliphatic rings. The zero-order chi connectivity index (χ0) is 19.6. The lowest BCUT2D eigenvalue weighted by molar-refractivity contribution is 0.182. The van der Waals surface area contributed by atoms with Gasteiger partial charge >= 0.3 is 0 Å². The van der Waals surface area contributed by atoms with Crippen molar-refractivity contribution in [3.63, 3.8) is 0 Å². The van der Waals surface area contributed by atoms with E-state index in [1.165, 1.54) is 0 Å². The smallest absolute Gasteiger partial charge is 0.191 e. The van der Waals surface area contributed by atoms with Gasteiger partial charge in [0.25, 0.3) is 0 Å². The molecular weight excluding hydrogens is 469 g/mol. The second-order valence-electron chi connectivity index (χ2n) is 6.46. The molecule has 1 unspecified atom stereocenters. The quantitative estimate of drug-likeness (QED) is 0.279. The molecule has 2 aromatic rings. The van der Waals surface area contributed by atoms with Crippen LogP contribution in [0.2, 0.25) is 0 Å². The average molecular weight is 501 g/mol. The fourth-order valence-corrected chi connectivity index (χ4v) is 3.01. The molecule has 1 heterocycles. The van der Waals surface area contributed by atoms with Crippen molar-refractivity contribution in [1.82, 2.24) is 20.4 Å². The van der Waals surface area contributed by atoms with Crippen molar-refractivity contribution in [1.29, 1.82) is 0 Å². The normalized spacial score (nSPS) is 12.4. The van der Waals surface area contributed by atoms with Crippen molar-refractivity contribution in [2.45, 2.75) is 32.9 Å². The summed E-state index contributed by atoms with van der Waals surface area (Å²) in [6.45, 7) is 6.79. The maximum Gasteiger partial charge on any atom is 0.191 e. The zero-order valence-corrected chi connectivity index (χ0v) is 19.4. The first-order chi connectivity index (χ1) is 13.1. The molecule has 0 saturated carbocycles. The standard InChI is InChI=1S/C20H31N5O2.HI/c1-15-19(16(2)25(24-15)10-11-27-4)13-23-20(21-3)22-12-18(14-26)17-8-6-5-7-9-17;/h5-9,18,26H,10-14H2,1-4H3,(H2,21,22,23);1H. The molecule has 1 aromatic heterocycles. The molecule has 0 bridgehead atoms. The number of aliphatic imine (C=N–C) groups is 1. The number of halogens is 1. The van der Waals surface area contributed by atoms with E-state index in [-0.39, 0.29) is 36.5 Å². The van der Waals surface area contributed by atoms with Gasteiger partial charge in [-0.25, -0.2) is 0 Å². The van der Waals surface area contributed by atoms with E-state index < -0.39 is 0 Å². The number of aliphatic hydroxyl groups excluding tert-OH is 1. The first-order valence-electron chi connectivity index (χ1n) is 9.22. The Balaban J connectivity index is 0.00000392. The number of nitrogens with zero attached hydrogens (tertiary/aromatic N) is 3. The number of guanidine groups is 1. The minimum atomic E-state index is 0. The van der Waals surface area contributed by atoms with Crippen LogP contribution in [0.5, 0.6) is 0 Å². The van der Waals surface area contributed by atoms with Crippen LogP contribution in [0.15, 0.2) is 35.3 Å². The van der Waals surface area contributed by atoms with Crippen molar-refractivity contribution in [2.24, 2.45) is 4.99 Å². The monoisotopic (exact) mass is 501 g/mol. The van der Waals surface area contributed by atoms with E-state index in [4.69, 9.17) is 4.74 Å². The summed E-state index contributed by atoms with van der Waals surface area (Å²) in [6.07, 6.45) is 0. The van der Waals surface area contributed by atoms with Crippen LogP contribution in [-0.2, 0) is 17.8 Å². The minimum absolute atomic E-state index is 0. The van der Waals surface area contributed by atoms with Crippen LogP contribution < -0.4 is 10.6 Å². The van der Waals surface area contributed by atoms with E-state index in [0.717, 1.165) is 29.1 Å². The molecule has 0 saturated heterocycles. The van der Waals surface area contributed by atoms with Crippen molar-refractivity contribution >= 4 is 29.9 Å². The molecule has 156 valence electrons. The molecule has 0 aliphatic heterocycles. The highest BCUT2D eigenvalue weighted by atomic mass is 127. The molecule has 28 heavy (non-hydrogen) atoms. The summed E-state index contributed by atoms with van der Waals surface area (Å²) in [5, 5.41) is 20.9. The van der Waals surface area contributed by atoms with Crippen LogP contribution in [0.3, 0.4) is 0 Å². The van der Waals surface area contributed by atoms with E-state index in [2.05, 4.69) is 27.6 Å². The third-order valence-electron chi connectivity index (χ3n) is 4.70. The number of hydrogen-bond acceptors (Lipinski definition) is 4. The highest BCUT2D eigenvalue weighted by Crippen LogP contribution is 2.14. The highest BCUT2D eigenvalue weighted by molar-refractivity contribution is 14.0. The second-order valence-corrected chi connectivity index (χ2v) is 6.46. The van der Waals surface area contributed by atoms with Gasteiger partial charge in [-0.3, -0.25) is 9.67 Å². The summed E-state index contributed by atoms with van der Waals surface area (Å²) in [5.41, 5.74) is 4.40. The molecule has 0 radical (unpaired) electrons. The molecule has 1 aromatic carbocycles. The number of hydrogen-bond donors (Lipinski definition) is 3. The van der Waals surface area contributed by atoms with Gasteiger partial charge in [0.2, 0.25) is 0 Å². The van der Waals surface area contributed by atoms with Crippen LogP contribution in [-0.4, -0.2) is 54.8 Å². The SMILES string of the molecule is CN=C(NCc1c(C)nn(CCOC)c1C)NCC(CO)c1ccccc1.I. The summed E-state index contributed by atoms with van der Waals surface area (Å²) in [6, 6.07) is 10.00. The van der Waals surface area contributed by atoms with E-state index >= 15 is 0 Å². The Hall–Kier alpha value is -1.65. The van der Waals surface area contributed by atoms with Crippen LogP contribution in [0.4, 0.5) is 0 Å². The first-order valence-corrected chi connectivity index (χ1v) is 9.22. The summed E-state index contributed by atoms with van der Waals surface area (Å²) < 4.78 is 7.12. The summed E-state index contributed by atoms with van der Waals surface area (Å²) >= 11 is 0. The van der Waals surface area contributed by atoms with E-state index in [9.17, 15) is 5.11 Å². The molecule has 7 nitrogen and oxygen atoms in total. The van der Waals surface area contributed by atoms with Gasteiger partial charge in [0.1, 0.15) is 0 Å². The number of aliphatic hydroxyl groups is 1. The number of benzene rings is 1. The van der Waals surface area contributed by atoms with Crippen LogP contribution in [0, 0.1) is 13.8 Å². The van der Waals surface area contributed by atoms with E-state index in [1.54, 1.807) is 14.2 Å². The van der Waals surface area contributed by atoms with E-state index in [1.807, 2.05) is 41.9 Å². The number of rotatable bonds is 9. The Bertz CT molecular complexity index is 734. The Morgan fingerprint density at radius 3 is 2.57 bits per heavy atom. The fourth-order valence-electron chi connectivity index (χ4n) is 3.01. The minimum Gasteiger partial charge on any atom is -0.396 e. The van der Waals surface area contributed by atoms with Crippen LogP contribution in [0.25, 0.3) is 0 Å². The molecule has 0 spiro atoms. The molecule has 0 aliphatic carbocycles. The van der Waals surface area contributed by atoms with Gasteiger partial charge in [-0.1, -0.05) is 30.3 Å². The second kappa shape index (κ2) is 12.7. The lowest BCUT2D eigenvalue weighted by Crippen LogP contribution is -2.39. The van der Waals surface area contributed by atoms with Crippen molar-refractivity contribution in [3.05, 3.63) is 52.8 Å². The number of aromatic nitrogens is 2. The van der Waals surface area contributed by atoms with Gasteiger partial charge in [-0.05, 0) is 19.4 Å². The third-order valence-corrected chi connectivity index (χ3v) is 4.70. The number of nitrogens with one attached hydrogen (secondary N) is 2. The zero-order valence-electron chi connectivity index (χ0n) is 17.1. The third kappa shape index (κ3) is 6.75. The van der Waals surface area contributed by atoms with Crippen molar-refractivity contribution in [2.75, 3.05) is 33.9 Å². The molecular formula is C20H32IN5O2. The van der Waals surface area contributed by atoms with Gasteiger partial charge in [0, 0.05) is 44.4 Å². The molecule has 8 heteroatoms. The Labute approximate surface area is 184 Å². The molecule has 0 fully saturated rings. The maximum absolute atomic E-state index is 9.70. The average Bonchev–Trinajstić information content (AvgIpc) is 2.97. The number of methoxy groups -OCH3 is 1.